The van der Waals surface area contributed by atoms with Gasteiger partial charge in [0.1, 0.15) is 0 Å². The summed E-state index contributed by atoms with van der Waals surface area (Å²) in [4.78, 5) is 18.6. The quantitative estimate of drug-likeness (QED) is 0.798. The van der Waals surface area contributed by atoms with E-state index < -0.39 is 9.84 Å². The summed E-state index contributed by atoms with van der Waals surface area (Å²) < 4.78 is 23.6. The van der Waals surface area contributed by atoms with Gasteiger partial charge in [0, 0.05) is 31.4 Å². The maximum atomic E-state index is 12.8. The zero-order valence-corrected chi connectivity index (χ0v) is 14.9. The Labute approximate surface area is 139 Å². The summed E-state index contributed by atoms with van der Waals surface area (Å²) in [7, 11) is -3.02. The molecule has 0 radical (unpaired) electrons. The first-order valence-electron chi connectivity index (χ1n) is 8.17. The molecular weight excluding hydrogens is 312 g/mol. The van der Waals surface area contributed by atoms with Gasteiger partial charge in [-0.1, -0.05) is 26.8 Å². The van der Waals surface area contributed by atoms with E-state index in [9.17, 15) is 13.2 Å². The van der Waals surface area contributed by atoms with Crippen LogP contribution in [0.2, 0.25) is 0 Å². The summed E-state index contributed by atoms with van der Waals surface area (Å²) in [6, 6.07) is 3.54. The number of hydrogen-bond donors (Lipinski definition) is 0. The van der Waals surface area contributed by atoms with Gasteiger partial charge in [0.15, 0.2) is 9.84 Å². The predicted octanol–water partition coefficient (Wildman–Crippen LogP) is 2.28. The van der Waals surface area contributed by atoms with E-state index in [1.54, 1.807) is 17.3 Å². The van der Waals surface area contributed by atoms with E-state index in [4.69, 9.17) is 0 Å². The fourth-order valence-corrected chi connectivity index (χ4v) is 4.49. The van der Waals surface area contributed by atoms with Crippen molar-refractivity contribution in [2.75, 3.05) is 11.5 Å². The molecule has 1 aromatic heterocycles. The minimum atomic E-state index is -3.02. The lowest BCUT2D eigenvalue weighted by Gasteiger charge is -2.30. The average Bonchev–Trinajstić information content (AvgIpc) is 2.85. The molecule has 2 atom stereocenters. The minimum Gasteiger partial charge on any atom is -0.334 e. The fraction of sp³-hybridized carbons (Fsp3) is 0.647. The van der Waals surface area contributed by atoms with E-state index in [1.165, 1.54) is 0 Å². The molecule has 1 aliphatic rings. The van der Waals surface area contributed by atoms with Crippen LogP contribution in [0.4, 0.5) is 0 Å². The van der Waals surface area contributed by atoms with Gasteiger partial charge in [-0.25, -0.2) is 8.42 Å². The number of rotatable bonds is 6. The highest BCUT2D eigenvalue weighted by Crippen LogP contribution is 2.23. The van der Waals surface area contributed by atoms with Crippen molar-refractivity contribution < 1.29 is 13.2 Å². The summed E-state index contributed by atoms with van der Waals surface area (Å²) in [5.41, 5.74) is 0.933. The van der Waals surface area contributed by atoms with Crippen molar-refractivity contribution in [3.8, 4) is 0 Å². The van der Waals surface area contributed by atoms with Gasteiger partial charge >= 0.3 is 0 Å². The van der Waals surface area contributed by atoms with Crippen LogP contribution in [0.25, 0.3) is 0 Å². The number of amides is 1. The van der Waals surface area contributed by atoms with Crippen LogP contribution in [-0.4, -0.2) is 41.8 Å². The normalized spacial score (nSPS) is 21.3. The lowest BCUT2D eigenvalue weighted by molar-refractivity contribution is -0.135. The number of nitrogens with zero attached hydrogens (tertiary/aromatic N) is 2. The highest BCUT2D eigenvalue weighted by molar-refractivity contribution is 7.91. The van der Waals surface area contributed by atoms with Crippen molar-refractivity contribution in [2.45, 2.75) is 46.2 Å². The smallest absolute Gasteiger partial charge is 0.223 e. The van der Waals surface area contributed by atoms with E-state index in [0.717, 1.165) is 5.56 Å². The van der Waals surface area contributed by atoms with Crippen molar-refractivity contribution in [3.63, 3.8) is 0 Å². The molecule has 128 valence electrons. The Morgan fingerprint density at radius 2 is 2.13 bits per heavy atom. The standard InChI is InChI=1S/C17H26N2O3S/c1-13(2)14(3)9-17(20)19(11-15-5-4-7-18-10-15)16-6-8-23(21,22)12-16/h4-5,7,10,13-14,16H,6,8-9,11-12H2,1-3H3/t14-,16-/m1/s1. The Hall–Kier alpha value is -1.43. The van der Waals surface area contributed by atoms with Gasteiger partial charge in [0.25, 0.3) is 0 Å². The van der Waals surface area contributed by atoms with Crippen molar-refractivity contribution in [2.24, 2.45) is 11.8 Å². The second-order valence-electron chi connectivity index (χ2n) is 6.87. The molecule has 1 saturated heterocycles. The first-order chi connectivity index (χ1) is 10.8. The third-order valence-corrected chi connectivity index (χ3v) is 6.43. The van der Waals surface area contributed by atoms with Crippen molar-refractivity contribution >= 4 is 15.7 Å². The maximum absolute atomic E-state index is 12.8. The Kier molecular flexibility index (Phi) is 5.79. The second-order valence-corrected chi connectivity index (χ2v) is 9.09. The predicted molar refractivity (Wildman–Crippen MR) is 90.5 cm³/mol. The number of carbonyl (C=O) groups is 1. The average molecular weight is 338 g/mol. The maximum Gasteiger partial charge on any atom is 0.223 e. The first kappa shape index (κ1) is 17.9. The Morgan fingerprint density at radius 1 is 1.39 bits per heavy atom. The molecule has 23 heavy (non-hydrogen) atoms. The number of carbonyl (C=O) groups excluding carboxylic acids is 1. The van der Waals surface area contributed by atoms with Crippen LogP contribution in [0.15, 0.2) is 24.5 Å². The molecule has 0 aromatic carbocycles. The van der Waals surface area contributed by atoms with Crippen LogP contribution in [0.5, 0.6) is 0 Å². The fourth-order valence-electron chi connectivity index (χ4n) is 2.76. The molecule has 0 aliphatic carbocycles. The molecular formula is C17H26N2O3S. The van der Waals surface area contributed by atoms with Crippen molar-refractivity contribution in [1.29, 1.82) is 0 Å². The SMILES string of the molecule is CC(C)[C@H](C)CC(=O)N(Cc1cccnc1)[C@@H]1CCS(=O)(=O)C1. The van der Waals surface area contributed by atoms with E-state index in [0.29, 0.717) is 25.3 Å². The summed E-state index contributed by atoms with van der Waals surface area (Å²) in [5, 5.41) is 0. The first-order valence-corrected chi connectivity index (χ1v) is 9.99. The molecule has 1 aromatic rings. The summed E-state index contributed by atoms with van der Waals surface area (Å²) >= 11 is 0. The Bertz CT molecular complexity index is 628. The van der Waals surface area contributed by atoms with Crippen molar-refractivity contribution in [3.05, 3.63) is 30.1 Å². The van der Waals surface area contributed by atoms with E-state index in [2.05, 4.69) is 25.8 Å². The summed E-state index contributed by atoms with van der Waals surface area (Å²) in [6.07, 6.45) is 4.41. The van der Waals surface area contributed by atoms with E-state index in [1.807, 2.05) is 12.1 Å². The molecule has 2 rings (SSSR count). The summed E-state index contributed by atoms with van der Waals surface area (Å²) in [5.74, 6) is 0.990. The van der Waals surface area contributed by atoms with Gasteiger partial charge in [-0.3, -0.25) is 9.78 Å². The Morgan fingerprint density at radius 3 is 2.65 bits per heavy atom. The third-order valence-electron chi connectivity index (χ3n) is 4.68. The zero-order chi connectivity index (χ0) is 17.0. The summed E-state index contributed by atoms with van der Waals surface area (Å²) in [6.45, 7) is 6.70. The second kappa shape index (κ2) is 7.43. The van der Waals surface area contributed by atoms with Gasteiger partial charge < -0.3 is 4.90 Å². The van der Waals surface area contributed by atoms with E-state index in [-0.39, 0.29) is 29.4 Å². The zero-order valence-electron chi connectivity index (χ0n) is 14.1. The Balaban J connectivity index is 2.16. The van der Waals surface area contributed by atoms with Gasteiger partial charge in [-0.15, -0.1) is 0 Å². The number of sulfone groups is 1. The molecule has 1 aliphatic heterocycles. The molecule has 5 nitrogen and oxygen atoms in total. The molecule has 1 fully saturated rings. The third kappa shape index (κ3) is 5.03. The van der Waals surface area contributed by atoms with Crippen molar-refractivity contribution in [1.82, 2.24) is 9.88 Å². The molecule has 1 amide bonds. The van der Waals surface area contributed by atoms with Crippen LogP contribution in [0.1, 0.15) is 39.2 Å². The van der Waals surface area contributed by atoms with Gasteiger partial charge in [0.05, 0.1) is 11.5 Å². The van der Waals surface area contributed by atoms with Gasteiger partial charge in [-0.05, 0) is 29.9 Å². The minimum absolute atomic E-state index is 0.0390. The van der Waals surface area contributed by atoms with Gasteiger partial charge in [-0.2, -0.15) is 0 Å². The molecule has 0 bridgehead atoms. The van der Waals surface area contributed by atoms with Crippen LogP contribution >= 0.6 is 0 Å². The van der Waals surface area contributed by atoms with E-state index >= 15 is 0 Å². The van der Waals surface area contributed by atoms with Crippen LogP contribution in [0.3, 0.4) is 0 Å². The largest absolute Gasteiger partial charge is 0.334 e. The van der Waals surface area contributed by atoms with Crippen LogP contribution in [-0.2, 0) is 21.2 Å². The molecule has 2 heterocycles. The number of pyridine rings is 1. The topological polar surface area (TPSA) is 67.3 Å². The molecule has 0 spiro atoms. The number of aromatic nitrogens is 1. The molecule has 0 saturated carbocycles. The lowest BCUT2D eigenvalue weighted by atomic mass is 9.94. The monoisotopic (exact) mass is 338 g/mol. The van der Waals surface area contributed by atoms with Gasteiger partial charge in [0.2, 0.25) is 5.91 Å². The number of hydrogen-bond acceptors (Lipinski definition) is 4. The molecule has 6 heteroatoms. The van der Waals surface area contributed by atoms with Crippen LogP contribution in [0, 0.1) is 11.8 Å². The molecule has 0 N–H and O–H groups in total. The highest BCUT2D eigenvalue weighted by Gasteiger charge is 2.35. The lowest BCUT2D eigenvalue weighted by Crippen LogP contribution is -2.41. The highest BCUT2D eigenvalue weighted by atomic mass is 32.2. The van der Waals surface area contributed by atoms with Crippen LogP contribution < -0.4 is 0 Å². The molecule has 0 unspecified atom stereocenters.